The number of hydrogen-bond donors (Lipinski definition) is 1. The molecule has 27 heavy (non-hydrogen) atoms. The second kappa shape index (κ2) is 7.32. The van der Waals surface area contributed by atoms with Crippen molar-refractivity contribution in [2.45, 2.75) is 18.7 Å². The van der Waals surface area contributed by atoms with Crippen LogP contribution in [0.15, 0.2) is 65.7 Å². The van der Waals surface area contributed by atoms with Gasteiger partial charge in [-0.2, -0.15) is 0 Å². The highest BCUT2D eigenvalue weighted by Gasteiger charge is 2.16. The quantitative estimate of drug-likeness (QED) is 0.675. The molecule has 0 atom stereocenters. The Morgan fingerprint density at radius 1 is 0.963 bits per heavy atom. The number of sulfone groups is 1. The highest BCUT2D eigenvalue weighted by atomic mass is 32.2. The van der Waals surface area contributed by atoms with Gasteiger partial charge < -0.3 is 5.32 Å². The smallest absolute Gasteiger partial charge is 0.196 e. The van der Waals surface area contributed by atoms with Crippen molar-refractivity contribution in [2.24, 2.45) is 0 Å². The summed E-state index contributed by atoms with van der Waals surface area (Å²) in [5.41, 5.74) is 3.75. The Labute approximate surface area is 159 Å². The lowest BCUT2D eigenvalue weighted by Crippen LogP contribution is -2.07. The number of anilines is 2. The summed E-state index contributed by atoms with van der Waals surface area (Å²) in [7, 11) is -3.26. The number of pyridine rings is 1. The van der Waals surface area contributed by atoms with E-state index in [2.05, 4.69) is 10.3 Å². The molecule has 3 rings (SSSR count). The van der Waals surface area contributed by atoms with Gasteiger partial charge >= 0.3 is 0 Å². The molecule has 1 heterocycles. The van der Waals surface area contributed by atoms with Crippen molar-refractivity contribution in [2.75, 3.05) is 11.6 Å². The van der Waals surface area contributed by atoms with Crippen molar-refractivity contribution >= 4 is 27.1 Å². The SMILES string of the molecule is Cc1cc(C)cc(C(=O)c2cccnc2Nc2ccc(S(C)(=O)=O)cc2)c1. The number of carbonyl (C=O) groups is 1. The Bertz CT molecular complexity index is 1080. The Hall–Kier alpha value is -2.99. The molecule has 6 heteroatoms. The fraction of sp³-hybridized carbons (Fsp3) is 0.143. The largest absolute Gasteiger partial charge is 0.340 e. The summed E-state index contributed by atoms with van der Waals surface area (Å²) in [6.45, 7) is 3.91. The van der Waals surface area contributed by atoms with Gasteiger partial charge in [-0.3, -0.25) is 4.79 Å². The number of ketones is 1. The number of hydrogen-bond acceptors (Lipinski definition) is 5. The van der Waals surface area contributed by atoms with Crippen LogP contribution in [0.3, 0.4) is 0 Å². The molecule has 1 N–H and O–H groups in total. The van der Waals surface area contributed by atoms with Gasteiger partial charge in [-0.15, -0.1) is 0 Å². The molecule has 0 radical (unpaired) electrons. The van der Waals surface area contributed by atoms with Crippen LogP contribution in [-0.4, -0.2) is 25.4 Å². The lowest BCUT2D eigenvalue weighted by atomic mass is 10.00. The highest BCUT2D eigenvalue weighted by molar-refractivity contribution is 7.90. The standard InChI is InChI=1S/C21H20N2O3S/c1-14-11-15(2)13-16(12-14)20(24)19-5-4-10-22-21(19)23-17-6-8-18(9-7-17)27(3,25)26/h4-13H,1-3H3,(H,22,23). The zero-order valence-electron chi connectivity index (χ0n) is 15.4. The monoisotopic (exact) mass is 380 g/mol. The van der Waals surface area contributed by atoms with E-state index in [9.17, 15) is 13.2 Å². The molecule has 5 nitrogen and oxygen atoms in total. The average molecular weight is 380 g/mol. The van der Waals surface area contributed by atoms with Gasteiger partial charge in [0.1, 0.15) is 5.82 Å². The van der Waals surface area contributed by atoms with Crippen LogP contribution in [0.25, 0.3) is 0 Å². The van der Waals surface area contributed by atoms with E-state index in [1.807, 2.05) is 32.0 Å². The Morgan fingerprint density at radius 3 is 2.19 bits per heavy atom. The van der Waals surface area contributed by atoms with Gasteiger partial charge in [-0.25, -0.2) is 13.4 Å². The van der Waals surface area contributed by atoms with Gasteiger partial charge in [-0.05, 0) is 62.4 Å². The molecule has 1 aromatic heterocycles. The fourth-order valence-corrected chi connectivity index (χ4v) is 3.50. The first-order valence-corrected chi connectivity index (χ1v) is 10.3. The van der Waals surface area contributed by atoms with E-state index in [-0.39, 0.29) is 10.7 Å². The first kappa shape index (κ1) is 18.8. The zero-order valence-corrected chi connectivity index (χ0v) is 16.2. The van der Waals surface area contributed by atoms with Gasteiger partial charge in [0.15, 0.2) is 15.6 Å². The third-order valence-electron chi connectivity index (χ3n) is 4.08. The van der Waals surface area contributed by atoms with Crippen LogP contribution in [-0.2, 0) is 9.84 Å². The van der Waals surface area contributed by atoms with E-state index in [0.29, 0.717) is 22.6 Å². The molecule has 0 spiro atoms. The van der Waals surface area contributed by atoms with Crippen LogP contribution >= 0.6 is 0 Å². The summed E-state index contributed by atoms with van der Waals surface area (Å²) in [4.78, 5) is 17.5. The molecule has 3 aromatic rings. The maximum Gasteiger partial charge on any atom is 0.196 e. The molecular formula is C21H20N2O3S. The van der Waals surface area contributed by atoms with Crippen molar-refractivity contribution in [1.29, 1.82) is 0 Å². The molecule has 0 saturated heterocycles. The van der Waals surface area contributed by atoms with Crippen molar-refractivity contribution in [3.05, 3.63) is 83.0 Å². The minimum absolute atomic E-state index is 0.120. The van der Waals surface area contributed by atoms with Crippen molar-refractivity contribution in [3.63, 3.8) is 0 Å². The number of aromatic nitrogens is 1. The van der Waals surface area contributed by atoms with Crippen molar-refractivity contribution in [3.8, 4) is 0 Å². The summed E-state index contributed by atoms with van der Waals surface area (Å²) in [6.07, 6.45) is 2.76. The summed E-state index contributed by atoms with van der Waals surface area (Å²) >= 11 is 0. The summed E-state index contributed by atoms with van der Waals surface area (Å²) in [5, 5.41) is 3.10. The Kier molecular flexibility index (Phi) is 5.10. The number of nitrogens with one attached hydrogen (secondary N) is 1. The summed E-state index contributed by atoms with van der Waals surface area (Å²) < 4.78 is 23.2. The molecular weight excluding hydrogens is 360 g/mol. The third kappa shape index (κ3) is 4.41. The predicted octanol–water partition coefficient (Wildman–Crippen LogP) is 4.08. The van der Waals surface area contributed by atoms with Gasteiger partial charge in [0.05, 0.1) is 10.5 Å². The van der Waals surface area contributed by atoms with E-state index in [1.54, 1.807) is 30.5 Å². The van der Waals surface area contributed by atoms with Crippen LogP contribution < -0.4 is 5.32 Å². The van der Waals surface area contributed by atoms with E-state index < -0.39 is 9.84 Å². The molecule has 0 fully saturated rings. The molecule has 2 aromatic carbocycles. The lowest BCUT2D eigenvalue weighted by molar-refractivity contribution is 0.103. The van der Waals surface area contributed by atoms with Crippen LogP contribution in [0.1, 0.15) is 27.0 Å². The van der Waals surface area contributed by atoms with E-state index in [4.69, 9.17) is 0 Å². The topological polar surface area (TPSA) is 76.1 Å². The number of nitrogens with zero attached hydrogens (tertiary/aromatic N) is 1. The molecule has 0 unspecified atom stereocenters. The Morgan fingerprint density at radius 2 is 1.59 bits per heavy atom. The highest BCUT2D eigenvalue weighted by Crippen LogP contribution is 2.23. The summed E-state index contributed by atoms with van der Waals surface area (Å²) in [5.74, 6) is 0.305. The van der Waals surface area contributed by atoms with Crippen LogP contribution in [0.5, 0.6) is 0 Å². The summed E-state index contributed by atoms with van der Waals surface area (Å²) in [6, 6.07) is 15.5. The minimum atomic E-state index is -3.26. The van der Waals surface area contributed by atoms with Gasteiger partial charge in [0.25, 0.3) is 0 Å². The second-order valence-corrected chi connectivity index (χ2v) is 8.54. The molecule has 0 saturated carbocycles. The first-order chi connectivity index (χ1) is 12.7. The van der Waals surface area contributed by atoms with E-state index in [0.717, 1.165) is 17.4 Å². The fourth-order valence-electron chi connectivity index (χ4n) is 2.87. The maximum absolute atomic E-state index is 13.0. The van der Waals surface area contributed by atoms with Crippen LogP contribution in [0.4, 0.5) is 11.5 Å². The molecule has 0 aliphatic heterocycles. The molecule has 0 aliphatic rings. The predicted molar refractivity (Wildman–Crippen MR) is 106 cm³/mol. The molecule has 138 valence electrons. The van der Waals surface area contributed by atoms with Crippen molar-refractivity contribution in [1.82, 2.24) is 4.98 Å². The molecule has 0 amide bonds. The van der Waals surface area contributed by atoms with Gasteiger partial charge in [0.2, 0.25) is 0 Å². The number of aryl methyl sites for hydroxylation is 2. The maximum atomic E-state index is 13.0. The second-order valence-electron chi connectivity index (χ2n) is 6.53. The number of rotatable bonds is 5. The van der Waals surface area contributed by atoms with E-state index >= 15 is 0 Å². The normalized spacial score (nSPS) is 11.2. The lowest BCUT2D eigenvalue weighted by Gasteiger charge is -2.11. The molecule has 0 aliphatic carbocycles. The van der Waals surface area contributed by atoms with Gasteiger partial charge in [0, 0.05) is 23.7 Å². The Balaban J connectivity index is 1.93. The number of benzene rings is 2. The van der Waals surface area contributed by atoms with Crippen LogP contribution in [0.2, 0.25) is 0 Å². The zero-order chi connectivity index (χ0) is 19.6. The minimum Gasteiger partial charge on any atom is -0.340 e. The van der Waals surface area contributed by atoms with Crippen LogP contribution in [0, 0.1) is 13.8 Å². The van der Waals surface area contributed by atoms with E-state index in [1.165, 1.54) is 12.1 Å². The number of carbonyl (C=O) groups excluding carboxylic acids is 1. The average Bonchev–Trinajstić information content (AvgIpc) is 2.60. The van der Waals surface area contributed by atoms with Gasteiger partial charge in [-0.1, -0.05) is 17.2 Å². The van der Waals surface area contributed by atoms with Crippen molar-refractivity contribution < 1.29 is 13.2 Å². The molecule has 0 bridgehead atoms. The third-order valence-corrected chi connectivity index (χ3v) is 5.21. The first-order valence-electron chi connectivity index (χ1n) is 8.39.